The number of hydrogen-bond acceptors (Lipinski definition) is 8. The second-order valence-corrected chi connectivity index (χ2v) is 10.7. The van der Waals surface area contributed by atoms with Crippen LogP contribution in [0.3, 0.4) is 0 Å². The van der Waals surface area contributed by atoms with Crippen LogP contribution in [0.25, 0.3) is 0 Å². The maximum atomic E-state index is 12.9. The number of unbranched alkanes of at least 4 members (excludes halogenated alkanes) is 1. The lowest BCUT2D eigenvalue weighted by molar-refractivity contribution is -0.135. The Hall–Kier alpha value is -2.87. The molecule has 1 heterocycles. The van der Waals surface area contributed by atoms with Gasteiger partial charge in [0.1, 0.15) is 30.2 Å². The van der Waals surface area contributed by atoms with Gasteiger partial charge in [-0.3, -0.25) is 28.8 Å². The molecule has 1 fully saturated rings. The van der Waals surface area contributed by atoms with Gasteiger partial charge >= 0.3 is 0 Å². The molecule has 1 rings (SSSR count). The Balaban J connectivity index is 2.78. The highest BCUT2D eigenvalue weighted by Gasteiger charge is 2.33. The summed E-state index contributed by atoms with van der Waals surface area (Å²) in [5.74, 6) is -2.83. The molecule has 0 aromatic heterocycles. The fourth-order valence-electron chi connectivity index (χ4n) is 3.82. The summed E-state index contributed by atoms with van der Waals surface area (Å²) in [6.45, 7) is 5.38. The van der Waals surface area contributed by atoms with E-state index in [0.717, 1.165) is 0 Å². The van der Waals surface area contributed by atoms with E-state index in [0.29, 0.717) is 44.4 Å². The lowest BCUT2D eigenvalue weighted by Crippen LogP contribution is -2.59. The predicted octanol–water partition coefficient (Wildman–Crippen LogP) is -1.75. The molecular weight excluding hydrogens is 514 g/mol. The summed E-state index contributed by atoms with van der Waals surface area (Å²) < 4.78 is 0. The van der Waals surface area contributed by atoms with Crippen LogP contribution in [0.5, 0.6) is 0 Å². The average Bonchev–Trinajstić information content (AvgIpc) is 3.29. The molecule has 0 saturated carbocycles. The standard InChI is InChI=1S/C24H43N7O6S/c1-13(2)19(24(37)29-15(20(26)33)7-5-6-11-25)31-21(34)14(3)27-22(35)17(10-12-38-4)30-23(36)16-8-9-18(32)28-16/h13-17,19H,5-12,25H2,1-4H3,(H2,26,33)(H,27,35)(H,28,32)(H,29,37)(H,30,36)(H,31,34)/t14-,15-,16-,17-,19-/m0/s1. The molecule has 0 aromatic rings. The summed E-state index contributed by atoms with van der Waals surface area (Å²) in [4.78, 5) is 74.4. The summed E-state index contributed by atoms with van der Waals surface area (Å²) in [5.41, 5.74) is 10.9. The molecular formula is C24H43N7O6S. The van der Waals surface area contributed by atoms with Crippen LogP contribution in [0.2, 0.25) is 0 Å². The van der Waals surface area contributed by atoms with Gasteiger partial charge in [0, 0.05) is 6.42 Å². The van der Waals surface area contributed by atoms with Gasteiger partial charge < -0.3 is 38.1 Å². The first kappa shape index (κ1) is 33.2. The van der Waals surface area contributed by atoms with Gasteiger partial charge in [-0.1, -0.05) is 13.8 Å². The molecule has 9 N–H and O–H groups in total. The highest BCUT2D eigenvalue weighted by atomic mass is 32.2. The third-order valence-corrected chi connectivity index (χ3v) is 6.81. The molecule has 0 radical (unpaired) electrons. The van der Waals surface area contributed by atoms with Crippen molar-refractivity contribution in [2.45, 2.75) is 89.5 Å². The first-order chi connectivity index (χ1) is 17.9. The van der Waals surface area contributed by atoms with Crippen LogP contribution < -0.4 is 38.1 Å². The second-order valence-electron chi connectivity index (χ2n) is 9.71. The molecule has 1 aliphatic heterocycles. The highest BCUT2D eigenvalue weighted by Crippen LogP contribution is 2.09. The number of thioether (sulfide) groups is 1. The number of nitrogens with two attached hydrogens (primary N) is 2. The third kappa shape index (κ3) is 11.3. The number of nitrogens with one attached hydrogen (secondary N) is 5. The Labute approximate surface area is 228 Å². The van der Waals surface area contributed by atoms with Gasteiger partial charge in [-0.2, -0.15) is 11.8 Å². The SMILES string of the molecule is CSCC[C@H](NC(=O)[C@@H]1CCC(=O)N1)C(=O)N[C@@H](C)C(=O)N[C@H](C(=O)N[C@@H](CCCCN)C(N)=O)C(C)C. The van der Waals surface area contributed by atoms with E-state index >= 15 is 0 Å². The quantitative estimate of drug-likeness (QED) is 0.102. The Morgan fingerprint density at radius 2 is 1.63 bits per heavy atom. The molecule has 13 nitrogen and oxygen atoms in total. The van der Waals surface area contributed by atoms with Crippen LogP contribution in [0.15, 0.2) is 0 Å². The van der Waals surface area contributed by atoms with Crippen LogP contribution in [0, 0.1) is 5.92 Å². The monoisotopic (exact) mass is 557 g/mol. The van der Waals surface area contributed by atoms with E-state index in [1.165, 1.54) is 18.7 Å². The van der Waals surface area contributed by atoms with E-state index in [1.807, 2.05) is 6.26 Å². The number of carbonyl (C=O) groups is 6. The van der Waals surface area contributed by atoms with Crippen LogP contribution in [-0.4, -0.2) is 84.2 Å². The minimum Gasteiger partial charge on any atom is -0.368 e. The zero-order chi connectivity index (χ0) is 28.8. The maximum Gasteiger partial charge on any atom is 0.243 e. The van der Waals surface area contributed by atoms with Gasteiger partial charge in [-0.25, -0.2) is 0 Å². The molecule has 14 heteroatoms. The third-order valence-electron chi connectivity index (χ3n) is 6.16. The van der Waals surface area contributed by atoms with E-state index in [-0.39, 0.29) is 18.2 Å². The van der Waals surface area contributed by atoms with Crippen LogP contribution in [0.1, 0.15) is 59.3 Å². The molecule has 38 heavy (non-hydrogen) atoms. The molecule has 0 bridgehead atoms. The van der Waals surface area contributed by atoms with E-state index in [4.69, 9.17) is 11.5 Å². The van der Waals surface area contributed by atoms with Crippen molar-refractivity contribution in [1.82, 2.24) is 26.6 Å². The maximum absolute atomic E-state index is 12.9. The topological polar surface area (TPSA) is 215 Å². The van der Waals surface area contributed by atoms with Gasteiger partial charge in [0.25, 0.3) is 0 Å². The zero-order valence-corrected chi connectivity index (χ0v) is 23.4. The van der Waals surface area contributed by atoms with Crippen molar-refractivity contribution in [2.75, 3.05) is 18.6 Å². The summed E-state index contributed by atoms with van der Waals surface area (Å²) in [6.07, 6.45) is 4.39. The van der Waals surface area contributed by atoms with E-state index < -0.39 is 59.7 Å². The van der Waals surface area contributed by atoms with Crippen molar-refractivity contribution in [2.24, 2.45) is 17.4 Å². The van der Waals surface area contributed by atoms with Crippen molar-refractivity contribution in [3.05, 3.63) is 0 Å². The lowest BCUT2D eigenvalue weighted by atomic mass is 10.0. The zero-order valence-electron chi connectivity index (χ0n) is 22.6. The predicted molar refractivity (Wildman–Crippen MR) is 144 cm³/mol. The minimum absolute atomic E-state index is 0.220. The molecule has 5 atom stereocenters. The van der Waals surface area contributed by atoms with E-state index in [1.54, 1.807) is 13.8 Å². The number of primary amides is 1. The van der Waals surface area contributed by atoms with Gasteiger partial charge in [0.2, 0.25) is 35.4 Å². The van der Waals surface area contributed by atoms with Crippen molar-refractivity contribution in [3.8, 4) is 0 Å². The number of hydrogen-bond donors (Lipinski definition) is 7. The summed E-state index contributed by atoms with van der Waals surface area (Å²) in [6, 6.07) is -4.49. The first-order valence-corrected chi connectivity index (χ1v) is 14.3. The molecule has 6 amide bonds. The van der Waals surface area contributed by atoms with Crippen LogP contribution >= 0.6 is 11.8 Å². The second kappa shape index (κ2) is 16.9. The molecule has 0 unspecified atom stereocenters. The van der Waals surface area contributed by atoms with E-state index in [2.05, 4.69) is 26.6 Å². The van der Waals surface area contributed by atoms with Crippen molar-refractivity contribution in [3.63, 3.8) is 0 Å². The van der Waals surface area contributed by atoms with E-state index in [9.17, 15) is 28.8 Å². The van der Waals surface area contributed by atoms with Crippen molar-refractivity contribution >= 4 is 47.2 Å². The molecule has 216 valence electrons. The van der Waals surface area contributed by atoms with Gasteiger partial charge in [0.05, 0.1) is 0 Å². The minimum atomic E-state index is -1.02. The fourth-order valence-corrected chi connectivity index (χ4v) is 4.29. The van der Waals surface area contributed by atoms with Gasteiger partial charge in [-0.05, 0) is 63.5 Å². The molecule has 1 saturated heterocycles. The highest BCUT2D eigenvalue weighted by molar-refractivity contribution is 7.98. The average molecular weight is 558 g/mol. The Morgan fingerprint density at radius 1 is 0.947 bits per heavy atom. The summed E-state index contributed by atoms with van der Waals surface area (Å²) >= 11 is 1.50. The normalized spacial score (nSPS) is 18.1. The molecule has 0 aromatic carbocycles. The summed E-state index contributed by atoms with van der Waals surface area (Å²) in [5, 5.41) is 13.0. The fraction of sp³-hybridized carbons (Fsp3) is 0.750. The number of rotatable bonds is 17. The largest absolute Gasteiger partial charge is 0.368 e. The lowest BCUT2D eigenvalue weighted by Gasteiger charge is -2.27. The molecule has 0 spiro atoms. The Morgan fingerprint density at radius 3 is 2.16 bits per heavy atom. The van der Waals surface area contributed by atoms with Crippen LogP contribution in [0.4, 0.5) is 0 Å². The Kier molecular flexibility index (Phi) is 14.7. The smallest absolute Gasteiger partial charge is 0.243 e. The Bertz CT molecular complexity index is 856. The summed E-state index contributed by atoms with van der Waals surface area (Å²) in [7, 11) is 0. The van der Waals surface area contributed by atoms with Crippen molar-refractivity contribution < 1.29 is 28.8 Å². The number of carbonyl (C=O) groups excluding carboxylic acids is 6. The van der Waals surface area contributed by atoms with Gasteiger partial charge in [0.15, 0.2) is 0 Å². The molecule has 0 aliphatic carbocycles. The first-order valence-electron chi connectivity index (χ1n) is 12.9. The van der Waals surface area contributed by atoms with Crippen molar-refractivity contribution in [1.29, 1.82) is 0 Å². The number of amides is 6. The van der Waals surface area contributed by atoms with Gasteiger partial charge in [-0.15, -0.1) is 0 Å². The molecule has 1 aliphatic rings. The van der Waals surface area contributed by atoms with Crippen LogP contribution in [-0.2, 0) is 28.8 Å².